The average molecular weight is 293 g/mol. The smallest absolute Gasteiger partial charge is 0.157 e. The molecule has 7 heteroatoms. The van der Waals surface area contributed by atoms with E-state index >= 15 is 0 Å². The van der Waals surface area contributed by atoms with Crippen LogP contribution >= 0.6 is 11.8 Å². The summed E-state index contributed by atoms with van der Waals surface area (Å²) in [4.78, 5) is 2.48. The molecule has 0 atom stereocenters. The molecule has 100 valence electrons. The lowest BCUT2D eigenvalue weighted by Crippen LogP contribution is -3.00. The van der Waals surface area contributed by atoms with E-state index in [-0.39, 0.29) is 23.9 Å². The Morgan fingerprint density at radius 1 is 1.25 bits per heavy atom. The van der Waals surface area contributed by atoms with Crippen LogP contribution in [0.15, 0.2) is 0 Å². The van der Waals surface area contributed by atoms with Crippen LogP contribution in [0.2, 0.25) is 0 Å². The van der Waals surface area contributed by atoms with Crippen molar-refractivity contribution in [3.05, 3.63) is 0 Å². The van der Waals surface area contributed by atoms with Crippen molar-refractivity contribution in [3.8, 4) is 0 Å². The highest BCUT2D eigenvalue weighted by molar-refractivity contribution is 7.91. The highest BCUT2D eigenvalue weighted by Crippen LogP contribution is 2.09. The van der Waals surface area contributed by atoms with Crippen molar-refractivity contribution in [1.82, 2.24) is 4.84 Å². The van der Waals surface area contributed by atoms with Crippen LogP contribution in [-0.2, 0) is 9.84 Å². The van der Waals surface area contributed by atoms with E-state index in [4.69, 9.17) is 11.8 Å². The fourth-order valence-corrected chi connectivity index (χ4v) is 3.35. The molecular formula is C9H22Cl2N2O2S. The second-order valence-corrected chi connectivity index (χ2v) is 7.96. The summed E-state index contributed by atoms with van der Waals surface area (Å²) in [5, 5.41) is 0. The van der Waals surface area contributed by atoms with Gasteiger partial charge >= 0.3 is 0 Å². The van der Waals surface area contributed by atoms with Crippen LogP contribution in [0, 0.1) is 0 Å². The lowest BCUT2D eigenvalue weighted by atomic mass is 10.1. The normalized spacial score (nSPS) is 13.4. The number of halogens is 2. The van der Waals surface area contributed by atoms with Gasteiger partial charge in [-0.25, -0.2) is 13.3 Å². The monoisotopic (exact) mass is 292 g/mol. The zero-order valence-electron chi connectivity index (χ0n) is 10.5. The van der Waals surface area contributed by atoms with Gasteiger partial charge in [0.2, 0.25) is 0 Å². The SMILES string of the molecule is CC(C)(CS(=O)(=O)CC[N+](C)(C)C)NCl.[Cl-]. The van der Waals surface area contributed by atoms with E-state index in [1.165, 1.54) is 0 Å². The topological polar surface area (TPSA) is 46.2 Å². The zero-order chi connectivity index (χ0) is 12.3. The van der Waals surface area contributed by atoms with Crippen molar-refractivity contribution in [1.29, 1.82) is 0 Å². The lowest BCUT2D eigenvalue weighted by molar-refractivity contribution is -0.867. The first kappa shape index (κ1) is 18.8. The predicted octanol–water partition coefficient (Wildman–Crippen LogP) is -2.37. The fourth-order valence-electron chi connectivity index (χ4n) is 1.06. The van der Waals surface area contributed by atoms with Gasteiger partial charge in [0.1, 0.15) is 0 Å². The van der Waals surface area contributed by atoms with Crippen molar-refractivity contribution in [2.45, 2.75) is 19.4 Å². The van der Waals surface area contributed by atoms with E-state index in [9.17, 15) is 8.42 Å². The van der Waals surface area contributed by atoms with Crippen molar-refractivity contribution in [2.24, 2.45) is 0 Å². The maximum absolute atomic E-state index is 11.7. The molecule has 16 heavy (non-hydrogen) atoms. The molecule has 0 amide bonds. The Morgan fingerprint density at radius 3 is 2.00 bits per heavy atom. The van der Waals surface area contributed by atoms with Crippen molar-refractivity contribution in [3.63, 3.8) is 0 Å². The molecule has 0 aliphatic carbocycles. The lowest BCUT2D eigenvalue weighted by Gasteiger charge is -2.26. The first-order valence-electron chi connectivity index (χ1n) is 4.86. The number of nitrogens with one attached hydrogen (secondary N) is 1. The van der Waals surface area contributed by atoms with Crippen LogP contribution in [-0.4, -0.2) is 57.6 Å². The van der Waals surface area contributed by atoms with Crippen molar-refractivity contribution >= 4 is 21.6 Å². The molecule has 0 aliphatic heterocycles. The molecule has 0 aliphatic rings. The molecule has 0 unspecified atom stereocenters. The standard InChI is InChI=1S/C9H22ClN2O2S.ClH/c1-9(2,11-10)8-15(13,14)7-6-12(3,4)5;/h11H,6-8H2,1-5H3;1H/q+1;/p-1. The number of quaternary nitrogens is 1. The van der Waals surface area contributed by atoms with Crippen LogP contribution in [0.1, 0.15) is 13.8 Å². The summed E-state index contributed by atoms with van der Waals surface area (Å²) in [5.74, 6) is 0.252. The largest absolute Gasteiger partial charge is 1.00 e. The Kier molecular flexibility index (Phi) is 7.52. The minimum atomic E-state index is -3.05. The number of rotatable bonds is 6. The van der Waals surface area contributed by atoms with E-state index in [2.05, 4.69) is 4.84 Å². The minimum absolute atomic E-state index is 0. The molecule has 0 radical (unpaired) electrons. The van der Waals surface area contributed by atoms with Gasteiger partial charge in [0.15, 0.2) is 9.84 Å². The van der Waals surface area contributed by atoms with Crippen LogP contribution in [0.5, 0.6) is 0 Å². The summed E-state index contributed by atoms with van der Waals surface area (Å²) < 4.78 is 24.1. The van der Waals surface area contributed by atoms with Gasteiger partial charge < -0.3 is 16.9 Å². The Hall–Kier alpha value is 0.450. The molecule has 0 rings (SSSR count). The van der Waals surface area contributed by atoms with Gasteiger partial charge in [-0.15, -0.1) is 0 Å². The van der Waals surface area contributed by atoms with Crippen LogP contribution < -0.4 is 17.2 Å². The Labute approximate surface area is 110 Å². The molecule has 0 bridgehead atoms. The van der Waals surface area contributed by atoms with Crippen LogP contribution in [0.4, 0.5) is 0 Å². The van der Waals surface area contributed by atoms with Crippen LogP contribution in [0.3, 0.4) is 0 Å². The maximum Gasteiger partial charge on any atom is 0.157 e. The third-order valence-electron chi connectivity index (χ3n) is 1.91. The minimum Gasteiger partial charge on any atom is -1.00 e. The first-order chi connectivity index (χ1) is 6.47. The molecule has 1 N–H and O–H groups in total. The van der Waals surface area contributed by atoms with Gasteiger partial charge in [-0.1, -0.05) is 0 Å². The fraction of sp³-hybridized carbons (Fsp3) is 1.00. The van der Waals surface area contributed by atoms with Gasteiger partial charge in [0.05, 0.1) is 39.2 Å². The van der Waals surface area contributed by atoms with Gasteiger partial charge in [0, 0.05) is 5.54 Å². The molecular weight excluding hydrogens is 271 g/mol. The molecule has 0 saturated heterocycles. The van der Waals surface area contributed by atoms with Crippen LogP contribution in [0.25, 0.3) is 0 Å². The summed E-state index contributed by atoms with van der Waals surface area (Å²) in [7, 11) is 2.87. The molecule has 0 heterocycles. The number of nitrogens with zero attached hydrogens (tertiary/aromatic N) is 1. The summed E-state index contributed by atoms with van der Waals surface area (Å²) in [5.41, 5.74) is -0.578. The summed E-state index contributed by atoms with van der Waals surface area (Å²) in [6.07, 6.45) is 0. The molecule has 0 aromatic heterocycles. The van der Waals surface area contributed by atoms with E-state index in [0.717, 1.165) is 0 Å². The van der Waals surface area contributed by atoms with Crippen molar-refractivity contribution in [2.75, 3.05) is 39.2 Å². The maximum atomic E-state index is 11.7. The van der Waals surface area contributed by atoms with E-state index in [1.807, 2.05) is 21.1 Å². The Bertz CT molecular complexity index is 297. The first-order valence-corrected chi connectivity index (χ1v) is 7.06. The number of hydrogen-bond donors (Lipinski definition) is 1. The molecule has 0 aromatic rings. The summed E-state index contributed by atoms with van der Waals surface area (Å²) in [6, 6.07) is 0. The Balaban J connectivity index is 0. The highest BCUT2D eigenvalue weighted by atomic mass is 35.5. The predicted molar refractivity (Wildman–Crippen MR) is 64.6 cm³/mol. The van der Waals surface area contributed by atoms with E-state index < -0.39 is 15.4 Å². The number of hydrogen-bond acceptors (Lipinski definition) is 3. The molecule has 4 nitrogen and oxygen atoms in total. The average Bonchev–Trinajstić information content (AvgIpc) is 1.98. The van der Waals surface area contributed by atoms with Gasteiger partial charge in [-0.2, -0.15) is 0 Å². The van der Waals surface area contributed by atoms with Gasteiger partial charge in [-0.3, -0.25) is 0 Å². The second-order valence-electron chi connectivity index (χ2n) is 5.58. The quantitative estimate of drug-likeness (QED) is 0.440. The molecule has 0 spiro atoms. The molecule has 0 aromatic carbocycles. The third kappa shape index (κ3) is 9.66. The number of sulfone groups is 1. The summed E-state index contributed by atoms with van der Waals surface area (Å²) >= 11 is 5.47. The van der Waals surface area contributed by atoms with E-state index in [0.29, 0.717) is 11.0 Å². The highest BCUT2D eigenvalue weighted by Gasteiger charge is 2.26. The third-order valence-corrected chi connectivity index (χ3v) is 4.39. The Morgan fingerprint density at radius 2 is 1.69 bits per heavy atom. The van der Waals surface area contributed by atoms with Gasteiger partial charge in [-0.05, 0) is 25.6 Å². The van der Waals surface area contributed by atoms with Gasteiger partial charge in [0.25, 0.3) is 0 Å². The molecule has 0 fully saturated rings. The molecule has 0 saturated carbocycles. The van der Waals surface area contributed by atoms with E-state index in [1.54, 1.807) is 13.8 Å². The second kappa shape index (κ2) is 6.40. The zero-order valence-corrected chi connectivity index (χ0v) is 12.9. The summed E-state index contributed by atoms with van der Waals surface area (Å²) in [6.45, 7) is 4.15. The van der Waals surface area contributed by atoms with Crippen molar-refractivity contribution < 1.29 is 25.3 Å².